The largest absolute Gasteiger partial charge is 0.433 e. The third-order valence-corrected chi connectivity index (χ3v) is 3.76. The van der Waals surface area contributed by atoms with Crippen molar-refractivity contribution in [1.82, 2.24) is 5.32 Å². The van der Waals surface area contributed by atoms with Gasteiger partial charge in [0, 0.05) is 6.04 Å². The Hall–Kier alpha value is -2.54. The fourth-order valence-corrected chi connectivity index (χ4v) is 2.57. The molecule has 1 amide bonds. The zero-order chi connectivity index (χ0) is 19.1. The predicted octanol–water partition coefficient (Wildman–Crippen LogP) is 4.35. The molecule has 2 aromatic carbocycles. The molecule has 26 heavy (non-hydrogen) atoms. The number of anilines is 1. The first kappa shape index (κ1) is 19.8. The van der Waals surface area contributed by atoms with Crippen molar-refractivity contribution in [2.75, 3.05) is 11.9 Å². The summed E-state index contributed by atoms with van der Waals surface area (Å²) < 4.78 is 42.3. The van der Waals surface area contributed by atoms with E-state index in [4.69, 9.17) is 0 Å². The van der Waals surface area contributed by atoms with Crippen molar-refractivity contribution >= 4 is 11.6 Å². The number of alkyl halides is 2. The summed E-state index contributed by atoms with van der Waals surface area (Å²) >= 11 is 0. The normalized spacial score (nSPS) is 12.3. The van der Waals surface area contributed by atoms with E-state index in [0.717, 1.165) is 5.56 Å². The smallest absolute Gasteiger partial charge is 0.387 e. The highest BCUT2D eigenvalue weighted by Crippen LogP contribution is 2.25. The van der Waals surface area contributed by atoms with Crippen LogP contribution in [0.25, 0.3) is 0 Å². The van der Waals surface area contributed by atoms with E-state index in [9.17, 15) is 18.0 Å². The molecule has 0 saturated carbocycles. The number of carbonyl (C=O) groups is 1. The summed E-state index contributed by atoms with van der Waals surface area (Å²) in [5.41, 5.74) is 1.03. The number of halogens is 3. The molecule has 1 atom stereocenters. The number of ether oxygens (including phenoxy) is 1. The third kappa shape index (κ3) is 5.77. The maximum Gasteiger partial charge on any atom is 0.387 e. The summed E-state index contributed by atoms with van der Waals surface area (Å²) in [4.78, 5) is 12.2. The van der Waals surface area contributed by atoms with Crippen LogP contribution in [0.1, 0.15) is 25.5 Å². The second-order valence-electron chi connectivity index (χ2n) is 6.08. The van der Waals surface area contributed by atoms with E-state index in [2.05, 4.69) is 15.4 Å². The first-order chi connectivity index (χ1) is 12.4. The van der Waals surface area contributed by atoms with Gasteiger partial charge in [0.2, 0.25) is 5.91 Å². The van der Waals surface area contributed by atoms with Gasteiger partial charge < -0.3 is 15.4 Å². The monoisotopic (exact) mass is 366 g/mol. The van der Waals surface area contributed by atoms with Crippen LogP contribution in [0.2, 0.25) is 0 Å². The highest BCUT2D eigenvalue weighted by molar-refractivity contribution is 5.93. The molecule has 0 saturated heterocycles. The van der Waals surface area contributed by atoms with E-state index in [1.54, 1.807) is 18.2 Å². The van der Waals surface area contributed by atoms with Crippen LogP contribution in [-0.2, 0) is 4.79 Å². The van der Waals surface area contributed by atoms with Gasteiger partial charge in [0.15, 0.2) is 0 Å². The van der Waals surface area contributed by atoms with Crippen LogP contribution in [0, 0.1) is 11.7 Å². The maximum atomic E-state index is 13.1. The van der Waals surface area contributed by atoms with Crippen LogP contribution in [0.15, 0.2) is 48.5 Å². The second kappa shape index (κ2) is 9.24. The minimum atomic E-state index is -2.98. The Morgan fingerprint density at radius 3 is 2.35 bits per heavy atom. The fourth-order valence-electron chi connectivity index (χ4n) is 2.57. The molecular weight excluding hydrogens is 345 g/mol. The summed E-state index contributed by atoms with van der Waals surface area (Å²) in [6.07, 6.45) is 0. The first-order valence-corrected chi connectivity index (χ1v) is 8.19. The Morgan fingerprint density at radius 2 is 1.73 bits per heavy atom. The number of para-hydroxylation sites is 2. The number of hydrogen-bond donors (Lipinski definition) is 2. The van der Waals surface area contributed by atoms with Crippen molar-refractivity contribution in [2.45, 2.75) is 26.5 Å². The number of benzene rings is 2. The minimum absolute atomic E-state index is 0.0385. The first-order valence-electron chi connectivity index (χ1n) is 8.19. The number of amides is 1. The van der Waals surface area contributed by atoms with E-state index >= 15 is 0 Å². The molecule has 0 bridgehead atoms. The average molecular weight is 366 g/mol. The van der Waals surface area contributed by atoms with Crippen LogP contribution in [0.5, 0.6) is 5.75 Å². The van der Waals surface area contributed by atoms with Gasteiger partial charge in [-0.1, -0.05) is 38.1 Å². The number of rotatable bonds is 8. The van der Waals surface area contributed by atoms with Gasteiger partial charge in [0.05, 0.1) is 12.2 Å². The number of carbonyl (C=O) groups excluding carboxylic acids is 1. The molecule has 0 fully saturated rings. The summed E-state index contributed by atoms with van der Waals surface area (Å²) in [6, 6.07) is 11.9. The van der Waals surface area contributed by atoms with E-state index < -0.39 is 12.5 Å². The van der Waals surface area contributed by atoms with Crippen LogP contribution in [-0.4, -0.2) is 19.1 Å². The maximum absolute atomic E-state index is 13.1. The minimum Gasteiger partial charge on any atom is -0.433 e. The molecule has 0 unspecified atom stereocenters. The summed E-state index contributed by atoms with van der Waals surface area (Å²) in [5, 5.41) is 5.66. The SMILES string of the molecule is CC(C)[C@H](NCC(=O)Nc1ccccc1OC(F)F)c1ccc(F)cc1. The van der Waals surface area contributed by atoms with Gasteiger partial charge in [0.1, 0.15) is 11.6 Å². The second-order valence-corrected chi connectivity index (χ2v) is 6.08. The van der Waals surface area contributed by atoms with Gasteiger partial charge in [-0.15, -0.1) is 0 Å². The molecule has 4 nitrogen and oxygen atoms in total. The Bertz CT molecular complexity index is 721. The van der Waals surface area contributed by atoms with Crippen LogP contribution in [0.3, 0.4) is 0 Å². The summed E-state index contributed by atoms with van der Waals surface area (Å²) in [5.74, 6) is -0.676. The lowest BCUT2D eigenvalue weighted by Gasteiger charge is -2.23. The molecule has 0 aliphatic carbocycles. The van der Waals surface area contributed by atoms with Crippen LogP contribution >= 0.6 is 0 Å². The molecule has 2 aromatic rings. The lowest BCUT2D eigenvalue weighted by atomic mass is 9.96. The van der Waals surface area contributed by atoms with Crippen LogP contribution < -0.4 is 15.4 Å². The molecule has 0 radical (unpaired) electrons. The number of hydrogen-bond acceptors (Lipinski definition) is 3. The molecule has 0 aliphatic heterocycles. The van der Waals surface area contributed by atoms with Gasteiger partial charge in [-0.3, -0.25) is 4.79 Å². The van der Waals surface area contributed by atoms with Crippen molar-refractivity contribution in [3.05, 3.63) is 59.9 Å². The average Bonchev–Trinajstić information content (AvgIpc) is 2.57. The van der Waals surface area contributed by atoms with Crippen molar-refractivity contribution in [2.24, 2.45) is 5.92 Å². The fraction of sp³-hybridized carbons (Fsp3) is 0.316. The Balaban J connectivity index is 2.00. The molecular formula is C19H21F3N2O2. The third-order valence-electron chi connectivity index (χ3n) is 3.76. The molecule has 0 aliphatic rings. The molecule has 2 N–H and O–H groups in total. The lowest BCUT2D eigenvalue weighted by molar-refractivity contribution is -0.115. The van der Waals surface area contributed by atoms with Gasteiger partial charge in [-0.2, -0.15) is 8.78 Å². The zero-order valence-corrected chi connectivity index (χ0v) is 14.5. The van der Waals surface area contributed by atoms with Crippen molar-refractivity contribution in [3.8, 4) is 5.75 Å². The lowest BCUT2D eigenvalue weighted by Crippen LogP contribution is -2.33. The molecule has 0 heterocycles. The molecule has 140 valence electrons. The van der Waals surface area contributed by atoms with Crippen molar-refractivity contribution in [3.63, 3.8) is 0 Å². The highest BCUT2D eigenvalue weighted by Gasteiger charge is 2.17. The van der Waals surface area contributed by atoms with Gasteiger partial charge in [-0.25, -0.2) is 4.39 Å². The van der Waals surface area contributed by atoms with Crippen molar-refractivity contribution < 1.29 is 22.7 Å². The standard InChI is InChI=1S/C19H21F3N2O2/c1-12(2)18(13-7-9-14(20)10-8-13)23-11-17(25)24-15-5-3-4-6-16(15)26-19(21)22/h3-10,12,18-19,23H,11H2,1-2H3,(H,24,25)/t18-/m0/s1. The van der Waals surface area contributed by atoms with Gasteiger partial charge in [-0.05, 0) is 35.7 Å². The number of nitrogens with one attached hydrogen (secondary N) is 2. The Labute approximate surface area is 150 Å². The van der Waals surface area contributed by atoms with E-state index in [0.29, 0.717) is 0 Å². The molecule has 7 heteroatoms. The van der Waals surface area contributed by atoms with Gasteiger partial charge in [0.25, 0.3) is 0 Å². The Kier molecular flexibility index (Phi) is 7.03. The summed E-state index contributed by atoms with van der Waals surface area (Å²) in [7, 11) is 0. The van der Waals surface area contributed by atoms with E-state index in [1.807, 2.05) is 13.8 Å². The zero-order valence-electron chi connectivity index (χ0n) is 14.5. The quantitative estimate of drug-likeness (QED) is 0.730. The molecule has 0 spiro atoms. The van der Waals surface area contributed by atoms with Gasteiger partial charge >= 0.3 is 6.61 Å². The molecule has 0 aromatic heterocycles. The van der Waals surface area contributed by atoms with E-state index in [-0.39, 0.29) is 35.8 Å². The van der Waals surface area contributed by atoms with E-state index in [1.165, 1.54) is 30.3 Å². The molecule has 2 rings (SSSR count). The van der Waals surface area contributed by atoms with Crippen LogP contribution in [0.4, 0.5) is 18.9 Å². The van der Waals surface area contributed by atoms with Crippen molar-refractivity contribution in [1.29, 1.82) is 0 Å². The predicted molar refractivity (Wildman–Crippen MR) is 93.7 cm³/mol. The summed E-state index contributed by atoms with van der Waals surface area (Å²) in [6.45, 7) is 0.938. The Morgan fingerprint density at radius 1 is 1.08 bits per heavy atom. The topological polar surface area (TPSA) is 50.4 Å². The highest BCUT2D eigenvalue weighted by atomic mass is 19.3.